The van der Waals surface area contributed by atoms with Gasteiger partial charge in [0.15, 0.2) is 0 Å². The molecule has 77 heavy (non-hydrogen) atoms. The fourth-order valence-electron chi connectivity index (χ4n) is 8.89. The van der Waals surface area contributed by atoms with Crippen molar-refractivity contribution in [3.05, 3.63) is 107 Å². The van der Waals surface area contributed by atoms with Gasteiger partial charge >= 0.3 is 12.4 Å². The van der Waals surface area contributed by atoms with Crippen molar-refractivity contribution in [3.8, 4) is 35.2 Å². The number of rotatable bonds is 12. The van der Waals surface area contributed by atoms with Gasteiger partial charge in [0.05, 0.1) is 67.1 Å². The van der Waals surface area contributed by atoms with Crippen molar-refractivity contribution in [1.29, 1.82) is 0 Å². The summed E-state index contributed by atoms with van der Waals surface area (Å²) < 4.78 is 107. The number of likely N-dealkylation sites (tertiary alicyclic amines) is 2. The summed E-state index contributed by atoms with van der Waals surface area (Å²) in [5.74, 6) is 11.7. The first kappa shape index (κ1) is 58.5. The van der Waals surface area contributed by atoms with Crippen molar-refractivity contribution in [2.45, 2.75) is 63.3 Å². The summed E-state index contributed by atoms with van der Waals surface area (Å²) in [7, 11) is 10.1. The highest BCUT2D eigenvalue weighted by Crippen LogP contribution is 2.33. The highest BCUT2D eigenvalue weighted by molar-refractivity contribution is 5.96. The number of anilines is 4. The van der Waals surface area contributed by atoms with Crippen LogP contribution in [0.5, 0.6) is 11.5 Å². The number of halogens is 7. The van der Waals surface area contributed by atoms with Gasteiger partial charge in [0.2, 0.25) is 0 Å². The molecule has 8 rings (SSSR count). The van der Waals surface area contributed by atoms with Gasteiger partial charge in [0, 0.05) is 60.5 Å². The summed E-state index contributed by atoms with van der Waals surface area (Å²) in [5.41, 5.74) is 10.1. The molecule has 6 aromatic rings. The molecule has 14 nitrogen and oxygen atoms in total. The molecular formula is C56H65F7N10O4. The van der Waals surface area contributed by atoms with E-state index < -0.39 is 37.7 Å². The number of methoxy groups -OCH3 is 2. The zero-order valence-corrected chi connectivity index (χ0v) is 43.9. The zero-order valence-electron chi connectivity index (χ0n) is 43.9. The highest BCUT2D eigenvalue weighted by Gasteiger charge is 2.32. The van der Waals surface area contributed by atoms with Crippen LogP contribution in [-0.2, 0) is 13.1 Å². The van der Waals surface area contributed by atoms with Crippen LogP contribution in [0, 0.1) is 23.7 Å². The highest BCUT2D eigenvalue weighted by atomic mass is 19.4. The predicted molar refractivity (Wildman–Crippen MR) is 290 cm³/mol. The van der Waals surface area contributed by atoms with E-state index in [9.17, 15) is 40.3 Å². The van der Waals surface area contributed by atoms with E-state index in [0.717, 1.165) is 15.7 Å². The van der Waals surface area contributed by atoms with Crippen molar-refractivity contribution in [2.75, 3.05) is 103 Å². The number of aromatic nitrogens is 2. The summed E-state index contributed by atoms with van der Waals surface area (Å²) in [4.78, 5) is 27.9. The lowest BCUT2D eigenvalue weighted by Gasteiger charge is -2.33. The molecule has 0 unspecified atom stereocenters. The number of alkyl halides is 7. The molecular weight excluding hydrogens is 1010 g/mol. The number of ether oxygens (including phenoxy) is 2. The summed E-state index contributed by atoms with van der Waals surface area (Å²) in [6.45, 7) is 1.57. The van der Waals surface area contributed by atoms with Crippen LogP contribution in [0.25, 0.3) is 21.8 Å². The lowest BCUT2D eigenvalue weighted by atomic mass is 10.0. The number of benzene rings is 4. The molecule has 0 spiro atoms. The van der Waals surface area contributed by atoms with Crippen LogP contribution in [0.4, 0.5) is 53.5 Å². The molecule has 2 amide bonds. The van der Waals surface area contributed by atoms with Gasteiger partial charge in [0.1, 0.15) is 30.8 Å². The number of amides is 2. The van der Waals surface area contributed by atoms with Crippen LogP contribution in [0.1, 0.15) is 57.8 Å². The minimum Gasteiger partial charge on any atom is -0.495 e. The van der Waals surface area contributed by atoms with E-state index in [4.69, 9.17) is 15.2 Å². The van der Waals surface area contributed by atoms with E-state index in [1.807, 2.05) is 11.9 Å². The lowest BCUT2D eigenvalue weighted by molar-refractivity contribution is -0.140. The van der Waals surface area contributed by atoms with Gasteiger partial charge < -0.3 is 60.7 Å². The number of hydrogen-bond donors (Lipinski definition) is 6. The maximum atomic E-state index is 14.7. The van der Waals surface area contributed by atoms with E-state index in [-0.39, 0.29) is 36.3 Å². The second kappa shape index (κ2) is 26.8. The first-order chi connectivity index (χ1) is 36.7. The van der Waals surface area contributed by atoms with E-state index in [0.29, 0.717) is 80.1 Å². The molecule has 4 aromatic carbocycles. The standard InChI is InChI=1S/C28H31F4N5O2.C22H21F3N4O2.C6H13N/c1-33-27(38)18-9-10-24(26(14-18)39-3)34-12-5-6-19-15-20-22(35-23-11-13-36(2)16-21(23)29)7-4-8-25(20)37(19)17-28(30,31)32;1-27-21(30)14-8-9-18(20(11-14)31-2)28-10-4-5-15-12-16-17(26)6-3-7-19(16)29(15)13-22(23,24)25;1-7-5-3-2-4-6-7/h4,7-10,14-15,21,23,34-35H,11-13,16-17H2,1-3H3,(H,33,38);3,6-9,11-12,28H,10,13,26H2,1-2H3,(H,27,30);2-6H2,1H3/t21-,23+;;/m1../s1. The number of carbonyl (C=O) groups excluding carboxylic acids is 2. The van der Waals surface area contributed by atoms with Gasteiger partial charge in [0.25, 0.3) is 11.8 Å². The maximum Gasteiger partial charge on any atom is 0.406 e. The molecule has 2 saturated heterocycles. The molecule has 0 bridgehead atoms. The van der Waals surface area contributed by atoms with Crippen LogP contribution in [0.2, 0.25) is 0 Å². The fraction of sp³-hybridized carbons (Fsp3) is 0.393. The van der Waals surface area contributed by atoms with Gasteiger partial charge in [-0.25, -0.2) is 4.39 Å². The van der Waals surface area contributed by atoms with Crippen LogP contribution in [0.3, 0.4) is 0 Å². The smallest absolute Gasteiger partial charge is 0.406 e. The Balaban J connectivity index is 0.000000225. The Morgan fingerprint density at radius 2 is 1.14 bits per heavy atom. The lowest BCUT2D eigenvalue weighted by Crippen LogP contribution is -2.46. The topological polar surface area (TPSA) is 155 Å². The van der Waals surface area contributed by atoms with Crippen LogP contribution >= 0.6 is 0 Å². The molecule has 4 heterocycles. The van der Waals surface area contributed by atoms with Crippen molar-refractivity contribution in [3.63, 3.8) is 0 Å². The third kappa shape index (κ3) is 16.4. The molecule has 2 aliphatic heterocycles. The Bertz CT molecular complexity index is 3110. The van der Waals surface area contributed by atoms with Crippen LogP contribution in [0.15, 0.2) is 84.9 Å². The van der Waals surface area contributed by atoms with Gasteiger partial charge in [-0.1, -0.05) is 30.4 Å². The number of nitrogens with two attached hydrogens (primary N) is 1. The number of piperidine rings is 2. The molecule has 2 aliphatic rings. The summed E-state index contributed by atoms with van der Waals surface area (Å²) in [5, 5.41) is 15.5. The van der Waals surface area contributed by atoms with Gasteiger partial charge in [-0.2, -0.15) is 26.3 Å². The normalized spacial score (nSPS) is 15.8. The average Bonchev–Trinajstić information content (AvgIpc) is 3.95. The Kier molecular flexibility index (Phi) is 20.4. The molecule has 0 radical (unpaired) electrons. The molecule has 0 aliphatic carbocycles. The molecule has 2 fully saturated rings. The Hall–Kier alpha value is -7.75. The number of fused-ring (bicyclic) bond motifs is 2. The Morgan fingerprint density at radius 1 is 0.649 bits per heavy atom. The number of carbonyl (C=O) groups is 2. The second-order valence-corrected chi connectivity index (χ2v) is 18.5. The van der Waals surface area contributed by atoms with E-state index in [2.05, 4.69) is 62.2 Å². The third-order valence-corrected chi connectivity index (χ3v) is 12.8. The summed E-state index contributed by atoms with van der Waals surface area (Å²) >= 11 is 0. The van der Waals surface area contributed by atoms with Gasteiger partial charge in [-0.05, 0) is 131 Å². The third-order valence-electron chi connectivity index (χ3n) is 12.8. The number of nitrogens with one attached hydrogen (secondary N) is 5. The largest absolute Gasteiger partial charge is 0.495 e. The molecule has 0 saturated carbocycles. The molecule has 7 N–H and O–H groups in total. The van der Waals surface area contributed by atoms with Crippen molar-refractivity contribution in [1.82, 2.24) is 29.6 Å². The molecule has 2 atom stereocenters. The Labute approximate surface area is 443 Å². The minimum atomic E-state index is -4.46. The monoisotopic (exact) mass is 1070 g/mol. The number of hydrogen-bond acceptors (Lipinski definition) is 10. The van der Waals surface area contributed by atoms with Gasteiger partial charge in [-0.3, -0.25) is 9.59 Å². The Morgan fingerprint density at radius 3 is 1.60 bits per heavy atom. The second-order valence-electron chi connectivity index (χ2n) is 18.5. The predicted octanol–water partition coefficient (Wildman–Crippen LogP) is 9.21. The average molecular weight is 1080 g/mol. The van der Waals surface area contributed by atoms with E-state index in [1.54, 1.807) is 84.9 Å². The quantitative estimate of drug-likeness (QED) is 0.0397. The first-order valence-electron chi connectivity index (χ1n) is 24.9. The van der Waals surface area contributed by atoms with Crippen LogP contribution in [-0.4, -0.2) is 137 Å². The van der Waals surface area contributed by atoms with Crippen molar-refractivity contribution in [2.24, 2.45) is 0 Å². The van der Waals surface area contributed by atoms with Crippen LogP contribution < -0.4 is 41.8 Å². The van der Waals surface area contributed by atoms with E-state index >= 15 is 0 Å². The maximum absolute atomic E-state index is 14.7. The SMILES string of the molecule is CN1CCCCC1.CNC(=O)c1ccc(NCC#Cc2cc3c(N)cccc3n2CC(F)(F)F)c(OC)c1.CNC(=O)c1ccc(NCC#Cc2cc3c(N[C@H]4CCN(C)C[C@H]4F)cccc3n2CC(F)(F)F)c(OC)c1. The summed E-state index contributed by atoms with van der Waals surface area (Å²) in [6, 6.07) is 22.3. The summed E-state index contributed by atoms with van der Waals surface area (Å²) in [6.07, 6.45) is -5.09. The van der Waals surface area contributed by atoms with Crippen molar-refractivity contribution >= 4 is 56.4 Å². The molecule has 412 valence electrons. The molecule has 21 heteroatoms. The number of nitrogens with zero attached hydrogens (tertiary/aromatic N) is 4. The first-order valence-corrected chi connectivity index (χ1v) is 24.9. The zero-order chi connectivity index (χ0) is 55.9. The number of nitrogen functional groups attached to an aromatic ring is 1. The van der Waals surface area contributed by atoms with E-state index in [1.165, 1.54) is 60.7 Å². The fourth-order valence-corrected chi connectivity index (χ4v) is 8.89. The van der Waals surface area contributed by atoms with Crippen molar-refractivity contribution < 1.29 is 49.8 Å². The minimum absolute atomic E-state index is 0.119. The van der Waals surface area contributed by atoms with Gasteiger partial charge in [-0.15, -0.1) is 0 Å². The molecule has 2 aromatic heterocycles.